The summed E-state index contributed by atoms with van der Waals surface area (Å²) in [7, 11) is -0.383. The molecule has 0 radical (unpaired) electrons. The van der Waals surface area contributed by atoms with Gasteiger partial charge in [0.2, 0.25) is 0 Å². The largest absolute Gasteiger partial charge is 0.494 e. The quantitative estimate of drug-likeness (QED) is 0.0798. The molecular formula is C76H81BO2. The van der Waals surface area contributed by atoms with Crippen LogP contribution in [0.3, 0.4) is 0 Å². The summed E-state index contributed by atoms with van der Waals surface area (Å²) in [6, 6.07) is 60.0. The summed E-state index contributed by atoms with van der Waals surface area (Å²) in [6.45, 7) is 27.7. The van der Waals surface area contributed by atoms with Gasteiger partial charge in [-0.3, -0.25) is 0 Å². The Kier molecular flexibility index (Phi) is 12.3. The van der Waals surface area contributed by atoms with Gasteiger partial charge < -0.3 is 9.31 Å². The maximum absolute atomic E-state index is 6.51. The maximum atomic E-state index is 6.51. The third-order valence-electron chi connectivity index (χ3n) is 20.8. The average Bonchev–Trinajstić information content (AvgIpc) is 4.27. The molecule has 0 aromatic heterocycles. The molecule has 1 saturated heterocycles. The molecule has 8 aromatic rings. The molecule has 0 spiro atoms. The molecule has 0 atom stereocenters. The lowest BCUT2D eigenvalue weighted by Crippen LogP contribution is -2.41. The molecule has 2 nitrogen and oxygen atoms in total. The molecule has 5 aliphatic rings. The molecule has 3 heteroatoms. The van der Waals surface area contributed by atoms with Crippen molar-refractivity contribution < 1.29 is 9.31 Å². The van der Waals surface area contributed by atoms with Gasteiger partial charge in [0, 0.05) is 21.7 Å². The Balaban J connectivity index is 0.774. The van der Waals surface area contributed by atoms with E-state index in [1.165, 1.54) is 175 Å². The van der Waals surface area contributed by atoms with Gasteiger partial charge in [-0.2, -0.15) is 0 Å². The Hall–Kier alpha value is -6.26. The monoisotopic (exact) mass is 1040 g/mol. The smallest absolute Gasteiger partial charge is 0.399 e. The molecule has 0 N–H and O–H groups in total. The molecule has 4 aliphatic carbocycles. The summed E-state index contributed by atoms with van der Waals surface area (Å²) >= 11 is 0. The summed E-state index contributed by atoms with van der Waals surface area (Å²) in [6.07, 6.45) is 12.8. The summed E-state index contributed by atoms with van der Waals surface area (Å²) in [4.78, 5) is 0. The first-order chi connectivity index (χ1) is 37.8. The van der Waals surface area contributed by atoms with Crippen molar-refractivity contribution in [3.05, 3.63) is 196 Å². The lowest BCUT2D eigenvalue weighted by atomic mass is 9.70. The van der Waals surface area contributed by atoms with E-state index >= 15 is 0 Å². The fourth-order valence-corrected chi connectivity index (χ4v) is 15.3. The molecule has 400 valence electrons. The molecule has 0 amide bonds. The highest BCUT2D eigenvalue weighted by atomic mass is 16.7. The number of fused-ring (bicyclic) bond motifs is 12. The Labute approximate surface area is 473 Å². The van der Waals surface area contributed by atoms with Gasteiger partial charge in [-0.05, 0) is 205 Å². The van der Waals surface area contributed by atoms with Gasteiger partial charge in [0.05, 0.1) is 11.2 Å². The predicted molar refractivity (Wildman–Crippen MR) is 335 cm³/mol. The minimum Gasteiger partial charge on any atom is -0.399 e. The first kappa shape index (κ1) is 52.1. The van der Waals surface area contributed by atoms with Gasteiger partial charge in [0.25, 0.3) is 0 Å². The predicted octanol–water partition coefficient (Wildman–Crippen LogP) is 20.1. The lowest BCUT2D eigenvalue weighted by Gasteiger charge is -2.33. The second-order valence-electron chi connectivity index (χ2n) is 27.1. The highest BCUT2D eigenvalue weighted by Gasteiger charge is 2.52. The average molecular weight is 1040 g/mol. The van der Waals surface area contributed by atoms with E-state index in [4.69, 9.17) is 9.31 Å². The molecule has 79 heavy (non-hydrogen) atoms. The zero-order chi connectivity index (χ0) is 55.0. The first-order valence-corrected chi connectivity index (χ1v) is 30.3. The van der Waals surface area contributed by atoms with E-state index in [1.54, 1.807) is 11.1 Å². The zero-order valence-electron chi connectivity index (χ0n) is 49.4. The third kappa shape index (κ3) is 8.01. The second kappa shape index (κ2) is 18.7. The molecule has 0 unspecified atom stereocenters. The Morgan fingerprint density at radius 2 is 0.608 bits per heavy atom. The highest BCUT2D eigenvalue weighted by Crippen LogP contribution is 2.58. The molecule has 0 saturated carbocycles. The van der Waals surface area contributed by atoms with Crippen molar-refractivity contribution in [1.82, 2.24) is 0 Å². The molecule has 13 rings (SSSR count). The van der Waals surface area contributed by atoms with Crippen LogP contribution < -0.4 is 5.46 Å². The molecule has 8 aromatic carbocycles. The van der Waals surface area contributed by atoms with Gasteiger partial charge in [-0.15, -0.1) is 0 Å². The molecule has 1 aliphatic heterocycles. The van der Waals surface area contributed by atoms with Crippen LogP contribution in [0.4, 0.5) is 0 Å². The Morgan fingerprint density at radius 1 is 0.304 bits per heavy atom. The van der Waals surface area contributed by atoms with Gasteiger partial charge in [-0.25, -0.2) is 0 Å². The molecule has 1 heterocycles. The number of hydrogen-bond donors (Lipinski definition) is 0. The highest BCUT2D eigenvalue weighted by molar-refractivity contribution is 6.62. The maximum Gasteiger partial charge on any atom is 0.494 e. The van der Waals surface area contributed by atoms with E-state index in [1.807, 2.05) is 0 Å². The zero-order valence-corrected chi connectivity index (χ0v) is 49.4. The lowest BCUT2D eigenvalue weighted by molar-refractivity contribution is 0.00578. The summed E-state index contributed by atoms with van der Waals surface area (Å²) < 4.78 is 13.0. The minimum atomic E-state index is -0.383. The van der Waals surface area contributed by atoms with Crippen molar-refractivity contribution in [3.63, 3.8) is 0 Å². The van der Waals surface area contributed by atoms with Crippen LogP contribution in [0, 0.1) is 0 Å². The third-order valence-corrected chi connectivity index (χ3v) is 20.8. The number of unbranched alkanes of at least 4 members (excludes halogenated alkanes) is 6. The van der Waals surface area contributed by atoms with Crippen LogP contribution in [0.2, 0.25) is 0 Å². The molecule has 0 bridgehead atoms. The van der Waals surface area contributed by atoms with Crippen LogP contribution in [0.5, 0.6) is 0 Å². The van der Waals surface area contributed by atoms with E-state index < -0.39 is 0 Å². The molecular weight excluding hydrogens is 956 g/mol. The van der Waals surface area contributed by atoms with Crippen molar-refractivity contribution in [3.8, 4) is 77.9 Å². The minimum absolute atomic E-state index is 0.0727. The number of rotatable bonds is 14. The topological polar surface area (TPSA) is 18.5 Å². The van der Waals surface area contributed by atoms with Crippen molar-refractivity contribution in [1.29, 1.82) is 0 Å². The second-order valence-corrected chi connectivity index (χ2v) is 27.1. The van der Waals surface area contributed by atoms with Crippen molar-refractivity contribution in [2.75, 3.05) is 0 Å². The van der Waals surface area contributed by atoms with Crippen molar-refractivity contribution >= 4 is 12.6 Å². The molecule has 1 fully saturated rings. The van der Waals surface area contributed by atoms with Crippen LogP contribution in [0.1, 0.15) is 192 Å². The van der Waals surface area contributed by atoms with E-state index in [0.717, 1.165) is 5.46 Å². The first-order valence-electron chi connectivity index (χ1n) is 30.3. The SMILES string of the molecule is CCCCCCC1(CCCCCC)c2ccccc2-c2ccc(-c3ccc4c(c3)C(C)(C)c3cc(-c5ccc6c(c5)C(C)(C)c5cc(-c7ccc8c(c7)C(C)(C)c7cc(B9OC(C)(C)C(C)(C)O9)ccc7-8)ccc5-6)ccc3-4)cc21. The Bertz CT molecular complexity index is 3740. The van der Waals surface area contributed by atoms with Gasteiger partial charge >= 0.3 is 7.12 Å². The fraction of sp³-hybridized carbons (Fsp3) is 0.368. The summed E-state index contributed by atoms with van der Waals surface area (Å²) in [5.74, 6) is 0. The van der Waals surface area contributed by atoms with E-state index in [2.05, 4.69) is 235 Å². The number of hydrogen-bond acceptors (Lipinski definition) is 2. The van der Waals surface area contributed by atoms with E-state index in [9.17, 15) is 0 Å². The van der Waals surface area contributed by atoms with Crippen LogP contribution in [-0.2, 0) is 31.0 Å². The summed E-state index contributed by atoms with van der Waals surface area (Å²) in [5, 5.41) is 0. The van der Waals surface area contributed by atoms with Crippen LogP contribution in [-0.4, -0.2) is 18.3 Å². The van der Waals surface area contributed by atoms with Gasteiger partial charge in [0.15, 0.2) is 0 Å². The van der Waals surface area contributed by atoms with E-state index in [0.29, 0.717) is 0 Å². The van der Waals surface area contributed by atoms with Crippen molar-refractivity contribution in [2.45, 2.75) is 180 Å². The van der Waals surface area contributed by atoms with E-state index in [-0.39, 0.29) is 40.0 Å². The van der Waals surface area contributed by atoms with Crippen molar-refractivity contribution in [2.24, 2.45) is 0 Å². The van der Waals surface area contributed by atoms with Crippen LogP contribution in [0.15, 0.2) is 152 Å². The standard InChI is InChI=1S/C76H81BO2/c1-13-15-17-21-39-76(40-22-18-16-14-2)63-24-20-19-23-55(63)62-37-30-53(46-70(62)76)52-29-35-59-58-33-26-49(42-66(58)72(5,6)67(59)45-52)48-25-32-56-57-34-27-50(43-65(57)71(3,4)64(56)41-48)51-28-36-60-61-38-31-54(47-69(61)73(7,8)68(60)44-51)77-78-74(9,10)75(11,12)79-77/h19-20,23-38,41-47H,13-18,21-22,39-40H2,1-12H3. The Morgan fingerprint density at radius 3 is 0.975 bits per heavy atom. The van der Waals surface area contributed by atoms with Crippen LogP contribution in [0.25, 0.3) is 77.9 Å². The normalized spacial score (nSPS) is 18.1. The van der Waals surface area contributed by atoms with Gasteiger partial charge in [-0.1, -0.05) is 222 Å². The number of benzene rings is 8. The van der Waals surface area contributed by atoms with Crippen LogP contribution >= 0.6 is 0 Å². The summed E-state index contributed by atoms with van der Waals surface area (Å²) in [5.41, 5.74) is 30.1. The van der Waals surface area contributed by atoms with Gasteiger partial charge in [0.1, 0.15) is 0 Å². The fourth-order valence-electron chi connectivity index (χ4n) is 15.3.